The van der Waals surface area contributed by atoms with Crippen LogP contribution in [0.5, 0.6) is 0 Å². The van der Waals surface area contributed by atoms with Gasteiger partial charge in [0.15, 0.2) is 0 Å². The van der Waals surface area contributed by atoms with Crippen LogP contribution in [-0.2, 0) is 6.42 Å². The number of likely N-dealkylation sites (N-methyl/N-ethyl adjacent to an activating group) is 1. The molecule has 0 spiro atoms. The molecule has 0 amide bonds. The average molecular weight is 278 g/mol. The molecule has 112 valence electrons. The zero-order chi connectivity index (χ0) is 14.5. The van der Waals surface area contributed by atoms with E-state index in [2.05, 4.69) is 34.1 Å². The van der Waals surface area contributed by atoms with Crippen molar-refractivity contribution in [1.29, 1.82) is 0 Å². The zero-order valence-electron chi connectivity index (χ0n) is 12.8. The van der Waals surface area contributed by atoms with Gasteiger partial charge in [0.1, 0.15) is 17.5 Å². The van der Waals surface area contributed by atoms with Crippen molar-refractivity contribution in [2.24, 2.45) is 5.84 Å². The minimum atomic E-state index is 0.747. The minimum Gasteiger partial charge on any atom is -0.354 e. The van der Waals surface area contributed by atoms with Crippen LogP contribution in [0.1, 0.15) is 31.7 Å². The highest BCUT2D eigenvalue weighted by Gasteiger charge is 2.20. The Morgan fingerprint density at radius 1 is 1.15 bits per heavy atom. The first-order valence-electron chi connectivity index (χ1n) is 7.51. The van der Waals surface area contributed by atoms with Gasteiger partial charge in [0.05, 0.1) is 0 Å². The molecule has 0 unspecified atom stereocenters. The van der Waals surface area contributed by atoms with E-state index in [1.165, 1.54) is 0 Å². The van der Waals surface area contributed by atoms with Gasteiger partial charge in [-0.3, -0.25) is 0 Å². The molecule has 2 rings (SSSR count). The summed E-state index contributed by atoms with van der Waals surface area (Å²) >= 11 is 0. The van der Waals surface area contributed by atoms with Crippen molar-refractivity contribution in [2.75, 3.05) is 43.0 Å². The van der Waals surface area contributed by atoms with E-state index in [4.69, 9.17) is 10.8 Å². The van der Waals surface area contributed by atoms with Gasteiger partial charge in [-0.05, 0) is 19.9 Å². The maximum Gasteiger partial charge on any atom is 0.148 e. The number of aryl methyl sites for hydroxylation is 1. The molecule has 0 aromatic carbocycles. The molecule has 2 heterocycles. The van der Waals surface area contributed by atoms with Crippen molar-refractivity contribution in [1.82, 2.24) is 14.9 Å². The summed E-state index contributed by atoms with van der Waals surface area (Å²) < 4.78 is 0. The van der Waals surface area contributed by atoms with Crippen LogP contribution < -0.4 is 16.2 Å². The van der Waals surface area contributed by atoms with Gasteiger partial charge in [-0.25, -0.2) is 15.8 Å². The third-order valence-electron chi connectivity index (χ3n) is 3.90. The Balaban J connectivity index is 2.23. The second-order valence-corrected chi connectivity index (χ2v) is 5.25. The Hall–Kier alpha value is -1.40. The molecule has 0 radical (unpaired) electrons. The first-order valence-corrected chi connectivity index (χ1v) is 7.51. The van der Waals surface area contributed by atoms with Crippen LogP contribution >= 0.6 is 0 Å². The van der Waals surface area contributed by atoms with Gasteiger partial charge in [0.25, 0.3) is 0 Å². The molecule has 1 fully saturated rings. The van der Waals surface area contributed by atoms with Gasteiger partial charge in [-0.15, -0.1) is 0 Å². The van der Waals surface area contributed by atoms with Crippen molar-refractivity contribution >= 4 is 11.6 Å². The zero-order valence-corrected chi connectivity index (χ0v) is 12.8. The quantitative estimate of drug-likeness (QED) is 0.622. The Morgan fingerprint density at radius 3 is 2.40 bits per heavy atom. The fraction of sp³-hybridized carbons (Fsp3) is 0.714. The lowest BCUT2D eigenvalue weighted by molar-refractivity contribution is 0.270. The molecule has 3 N–H and O–H groups in total. The second kappa shape index (κ2) is 6.85. The number of nitrogen functional groups attached to an aromatic ring is 1. The Bertz CT molecular complexity index is 440. The molecule has 20 heavy (non-hydrogen) atoms. The first kappa shape index (κ1) is 15.0. The van der Waals surface area contributed by atoms with E-state index in [1.807, 2.05) is 6.92 Å². The Labute approximate surface area is 121 Å². The Kier molecular flexibility index (Phi) is 5.14. The fourth-order valence-corrected chi connectivity index (χ4v) is 2.61. The summed E-state index contributed by atoms with van der Waals surface area (Å²) in [5, 5.41) is 0. The van der Waals surface area contributed by atoms with Gasteiger partial charge in [-0.1, -0.05) is 13.8 Å². The van der Waals surface area contributed by atoms with E-state index in [0.29, 0.717) is 0 Å². The third-order valence-corrected chi connectivity index (χ3v) is 3.90. The van der Waals surface area contributed by atoms with Crippen molar-refractivity contribution < 1.29 is 0 Å². The van der Waals surface area contributed by atoms with E-state index in [-0.39, 0.29) is 0 Å². The average Bonchev–Trinajstić information content (AvgIpc) is 2.49. The van der Waals surface area contributed by atoms with Crippen LogP contribution in [0.25, 0.3) is 0 Å². The molecule has 0 atom stereocenters. The molecule has 1 aromatic heterocycles. The maximum absolute atomic E-state index is 5.59. The standard InChI is InChI=1S/C14H26N6/c1-4-6-12-16-13(18-15)11(3)14(17-12)20-9-7-19(5-2)8-10-20/h4-10,15H2,1-3H3,(H,16,17,18). The minimum absolute atomic E-state index is 0.747. The fourth-order valence-electron chi connectivity index (χ4n) is 2.61. The van der Waals surface area contributed by atoms with Gasteiger partial charge in [0, 0.05) is 38.2 Å². The summed E-state index contributed by atoms with van der Waals surface area (Å²) in [5.74, 6) is 8.25. The number of hydrazine groups is 1. The lowest BCUT2D eigenvalue weighted by atomic mass is 10.2. The van der Waals surface area contributed by atoms with Crippen molar-refractivity contribution in [3.8, 4) is 0 Å². The topological polar surface area (TPSA) is 70.3 Å². The molecular formula is C14H26N6. The molecule has 0 bridgehead atoms. The van der Waals surface area contributed by atoms with E-state index >= 15 is 0 Å². The molecule has 6 heteroatoms. The molecule has 1 saturated heterocycles. The number of nitrogens with zero attached hydrogens (tertiary/aromatic N) is 4. The summed E-state index contributed by atoms with van der Waals surface area (Å²) in [6.07, 6.45) is 1.92. The molecule has 0 aliphatic carbocycles. The smallest absolute Gasteiger partial charge is 0.148 e. The van der Waals surface area contributed by atoms with E-state index in [0.717, 1.165) is 68.6 Å². The lowest BCUT2D eigenvalue weighted by Crippen LogP contribution is -2.46. The van der Waals surface area contributed by atoms with Gasteiger partial charge < -0.3 is 15.2 Å². The van der Waals surface area contributed by atoms with Crippen LogP contribution in [0.15, 0.2) is 0 Å². The summed E-state index contributed by atoms with van der Waals surface area (Å²) in [6.45, 7) is 11.7. The number of piperazine rings is 1. The molecule has 1 aromatic rings. The number of aromatic nitrogens is 2. The highest BCUT2D eigenvalue weighted by molar-refractivity contribution is 5.58. The highest BCUT2D eigenvalue weighted by atomic mass is 15.3. The predicted molar refractivity (Wildman–Crippen MR) is 82.9 cm³/mol. The molecule has 6 nitrogen and oxygen atoms in total. The summed E-state index contributed by atoms with van der Waals surface area (Å²) in [4.78, 5) is 14.0. The third kappa shape index (κ3) is 3.19. The van der Waals surface area contributed by atoms with Gasteiger partial charge in [0.2, 0.25) is 0 Å². The molecule has 1 aliphatic heterocycles. The summed E-state index contributed by atoms with van der Waals surface area (Å²) in [5.41, 5.74) is 3.74. The number of rotatable bonds is 5. The van der Waals surface area contributed by atoms with E-state index in [9.17, 15) is 0 Å². The normalized spacial score (nSPS) is 16.5. The second-order valence-electron chi connectivity index (χ2n) is 5.25. The van der Waals surface area contributed by atoms with E-state index < -0.39 is 0 Å². The summed E-state index contributed by atoms with van der Waals surface area (Å²) in [6, 6.07) is 0. The van der Waals surface area contributed by atoms with Crippen LogP contribution in [-0.4, -0.2) is 47.6 Å². The molecular weight excluding hydrogens is 252 g/mol. The van der Waals surface area contributed by atoms with Gasteiger partial charge in [-0.2, -0.15) is 0 Å². The lowest BCUT2D eigenvalue weighted by Gasteiger charge is -2.35. The van der Waals surface area contributed by atoms with Crippen LogP contribution in [0, 0.1) is 6.92 Å². The monoisotopic (exact) mass is 278 g/mol. The SMILES string of the molecule is CCCc1nc(NN)c(C)c(N2CCN(CC)CC2)n1. The number of hydrogen-bond donors (Lipinski definition) is 2. The highest BCUT2D eigenvalue weighted by Crippen LogP contribution is 2.24. The first-order chi connectivity index (χ1) is 9.69. The molecule has 1 aliphatic rings. The Morgan fingerprint density at radius 2 is 1.85 bits per heavy atom. The number of hydrogen-bond acceptors (Lipinski definition) is 6. The number of nitrogens with one attached hydrogen (secondary N) is 1. The number of anilines is 2. The van der Waals surface area contributed by atoms with Crippen LogP contribution in [0.2, 0.25) is 0 Å². The predicted octanol–water partition coefficient (Wildman–Crippen LogP) is 1.17. The largest absolute Gasteiger partial charge is 0.354 e. The van der Waals surface area contributed by atoms with Crippen LogP contribution in [0.3, 0.4) is 0 Å². The molecule has 0 saturated carbocycles. The number of nitrogens with two attached hydrogens (primary N) is 1. The van der Waals surface area contributed by atoms with Crippen molar-refractivity contribution in [3.63, 3.8) is 0 Å². The summed E-state index contributed by atoms with van der Waals surface area (Å²) in [7, 11) is 0. The maximum atomic E-state index is 5.59. The van der Waals surface area contributed by atoms with Crippen molar-refractivity contribution in [3.05, 3.63) is 11.4 Å². The van der Waals surface area contributed by atoms with Crippen LogP contribution in [0.4, 0.5) is 11.6 Å². The van der Waals surface area contributed by atoms with Gasteiger partial charge >= 0.3 is 0 Å². The van der Waals surface area contributed by atoms with E-state index in [1.54, 1.807) is 0 Å². The van der Waals surface area contributed by atoms with Crippen molar-refractivity contribution in [2.45, 2.75) is 33.6 Å².